The Balaban J connectivity index is 2.64. The Morgan fingerprint density at radius 3 is 2.31 bits per heavy atom. The fourth-order valence-electron chi connectivity index (χ4n) is 1.41. The van der Waals surface area contributed by atoms with Crippen molar-refractivity contribution >= 4 is 0 Å². The van der Waals surface area contributed by atoms with Crippen LogP contribution in [0.15, 0.2) is 24.3 Å². The van der Waals surface area contributed by atoms with Crippen molar-refractivity contribution in [2.75, 3.05) is 6.61 Å². The van der Waals surface area contributed by atoms with E-state index < -0.39 is 0 Å². The standard InChI is InChI=1S/C14H18O2/c1-3-13(4-2)16-14-9-7-12(8-10-14)6-5-11-15/h7-10,13,15H,3-4,11H2,1-2H3. The van der Waals surface area contributed by atoms with Crippen LogP contribution >= 0.6 is 0 Å². The van der Waals surface area contributed by atoms with E-state index in [1.807, 2.05) is 24.3 Å². The van der Waals surface area contributed by atoms with Gasteiger partial charge in [0.05, 0.1) is 6.10 Å². The van der Waals surface area contributed by atoms with E-state index in [9.17, 15) is 0 Å². The second-order valence-electron chi connectivity index (χ2n) is 3.54. The van der Waals surface area contributed by atoms with E-state index >= 15 is 0 Å². The third kappa shape index (κ3) is 3.96. The molecule has 0 spiro atoms. The first-order chi connectivity index (χ1) is 7.80. The molecule has 0 aromatic heterocycles. The van der Waals surface area contributed by atoms with E-state index in [0.29, 0.717) is 0 Å². The van der Waals surface area contributed by atoms with Crippen LogP contribution in [0.1, 0.15) is 32.3 Å². The van der Waals surface area contributed by atoms with Gasteiger partial charge in [-0.05, 0) is 37.1 Å². The van der Waals surface area contributed by atoms with Crippen LogP contribution in [-0.4, -0.2) is 17.8 Å². The third-order valence-corrected chi connectivity index (χ3v) is 2.38. The number of rotatable bonds is 4. The van der Waals surface area contributed by atoms with Gasteiger partial charge in [0.1, 0.15) is 12.4 Å². The summed E-state index contributed by atoms with van der Waals surface area (Å²) in [4.78, 5) is 0. The highest BCUT2D eigenvalue weighted by atomic mass is 16.5. The Morgan fingerprint density at radius 1 is 1.19 bits per heavy atom. The summed E-state index contributed by atoms with van der Waals surface area (Å²) in [7, 11) is 0. The number of ether oxygens (including phenoxy) is 1. The van der Waals surface area contributed by atoms with Gasteiger partial charge in [-0.15, -0.1) is 0 Å². The van der Waals surface area contributed by atoms with E-state index in [2.05, 4.69) is 25.7 Å². The summed E-state index contributed by atoms with van der Waals surface area (Å²) in [6.45, 7) is 4.14. The summed E-state index contributed by atoms with van der Waals surface area (Å²) in [5.41, 5.74) is 0.894. The number of aliphatic hydroxyl groups is 1. The molecule has 2 heteroatoms. The molecule has 0 aliphatic rings. The van der Waals surface area contributed by atoms with Crippen LogP contribution in [0.5, 0.6) is 5.75 Å². The number of hydrogen-bond acceptors (Lipinski definition) is 2. The van der Waals surface area contributed by atoms with Crippen molar-refractivity contribution in [1.82, 2.24) is 0 Å². The van der Waals surface area contributed by atoms with E-state index in [1.165, 1.54) is 0 Å². The molecule has 0 unspecified atom stereocenters. The van der Waals surface area contributed by atoms with E-state index in [0.717, 1.165) is 24.2 Å². The average molecular weight is 218 g/mol. The minimum Gasteiger partial charge on any atom is -0.490 e. The van der Waals surface area contributed by atoms with Crippen LogP contribution in [0.25, 0.3) is 0 Å². The lowest BCUT2D eigenvalue weighted by atomic mass is 10.2. The fraction of sp³-hybridized carbons (Fsp3) is 0.429. The van der Waals surface area contributed by atoms with E-state index in [4.69, 9.17) is 9.84 Å². The van der Waals surface area contributed by atoms with E-state index in [1.54, 1.807) is 0 Å². The lowest BCUT2D eigenvalue weighted by Gasteiger charge is -2.15. The SMILES string of the molecule is CCC(CC)Oc1ccc(C#CCO)cc1. The normalized spacial score (nSPS) is 9.75. The molecule has 0 aliphatic heterocycles. The molecule has 86 valence electrons. The monoisotopic (exact) mass is 218 g/mol. The lowest BCUT2D eigenvalue weighted by molar-refractivity contribution is 0.193. The first-order valence-corrected chi connectivity index (χ1v) is 5.66. The molecule has 1 aromatic carbocycles. The maximum absolute atomic E-state index is 8.57. The summed E-state index contributed by atoms with van der Waals surface area (Å²) < 4.78 is 5.77. The van der Waals surface area contributed by atoms with Gasteiger partial charge in [-0.1, -0.05) is 25.7 Å². The topological polar surface area (TPSA) is 29.5 Å². The summed E-state index contributed by atoms with van der Waals surface area (Å²) in [6.07, 6.45) is 2.32. The van der Waals surface area contributed by atoms with Crippen LogP contribution in [0.4, 0.5) is 0 Å². The van der Waals surface area contributed by atoms with Crippen molar-refractivity contribution in [3.63, 3.8) is 0 Å². The molecule has 0 saturated carbocycles. The minimum absolute atomic E-state index is 0.105. The Labute approximate surface area is 97.3 Å². The summed E-state index contributed by atoms with van der Waals surface area (Å²) in [5, 5.41) is 8.57. The average Bonchev–Trinajstić information content (AvgIpc) is 2.35. The molecule has 0 bridgehead atoms. The molecule has 0 atom stereocenters. The maximum atomic E-state index is 8.57. The molecule has 0 fully saturated rings. The predicted octanol–water partition coefficient (Wildman–Crippen LogP) is 2.60. The first kappa shape index (κ1) is 12.6. The highest BCUT2D eigenvalue weighted by Crippen LogP contribution is 2.15. The first-order valence-electron chi connectivity index (χ1n) is 5.66. The van der Waals surface area contributed by atoms with Crippen molar-refractivity contribution in [1.29, 1.82) is 0 Å². The molecular weight excluding hydrogens is 200 g/mol. The van der Waals surface area contributed by atoms with Gasteiger partial charge in [-0.3, -0.25) is 0 Å². The minimum atomic E-state index is -0.105. The smallest absolute Gasteiger partial charge is 0.119 e. The zero-order valence-corrected chi connectivity index (χ0v) is 9.86. The van der Waals surface area contributed by atoms with Gasteiger partial charge < -0.3 is 9.84 Å². The van der Waals surface area contributed by atoms with Gasteiger partial charge in [0, 0.05) is 5.56 Å². The molecule has 16 heavy (non-hydrogen) atoms. The highest BCUT2D eigenvalue weighted by Gasteiger charge is 2.04. The van der Waals surface area contributed by atoms with Crippen molar-refractivity contribution in [2.24, 2.45) is 0 Å². The molecule has 0 radical (unpaired) electrons. The molecule has 1 N–H and O–H groups in total. The van der Waals surface area contributed by atoms with Crippen molar-refractivity contribution in [3.05, 3.63) is 29.8 Å². The lowest BCUT2D eigenvalue weighted by Crippen LogP contribution is -2.13. The Morgan fingerprint density at radius 2 is 1.81 bits per heavy atom. The maximum Gasteiger partial charge on any atom is 0.119 e. The largest absolute Gasteiger partial charge is 0.490 e. The second-order valence-corrected chi connectivity index (χ2v) is 3.54. The van der Waals surface area contributed by atoms with Gasteiger partial charge in [-0.2, -0.15) is 0 Å². The van der Waals surface area contributed by atoms with Crippen molar-refractivity contribution in [3.8, 4) is 17.6 Å². The van der Waals surface area contributed by atoms with Crippen LogP contribution < -0.4 is 4.74 Å². The van der Waals surface area contributed by atoms with Gasteiger partial charge in [0.15, 0.2) is 0 Å². The zero-order valence-electron chi connectivity index (χ0n) is 9.86. The number of benzene rings is 1. The Hall–Kier alpha value is -1.46. The van der Waals surface area contributed by atoms with Crippen molar-refractivity contribution < 1.29 is 9.84 Å². The molecule has 0 saturated heterocycles. The van der Waals surface area contributed by atoms with Crippen molar-refractivity contribution in [2.45, 2.75) is 32.8 Å². The van der Waals surface area contributed by atoms with Crippen LogP contribution in [0, 0.1) is 11.8 Å². The summed E-state index contributed by atoms with van der Waals surface area (Å²) in [6, 6.07) is 7.64. The highest BCUT2D eigenvalue weighted by molar-refractivity contribution is 5.38. The molecule has 0 amide bonds. The van der Waals surface area contributed by atoms with Crippen LogP contribution in [0.2, 0.25) is 0 Å². The second kappa shape index (κ2) is 6.92. The fourth-order valence-corrected chi connectivity index (χ4v) is 1.41. The quantitative estimate of drug-likeness (QED) is 0.787. The molecule has 1 aromatic rings. The van der Waals surface area contributed by atoms with Gasteiger partial charge >= 0.3 is 0 Å². The third-order valence-electron chi connectivity index (χ3n) is 2.38. The number of aliphatic hydroxyl groups excluding tert-OH is 1. The van der Waals surface area contributed by atoms with Crippen LogP contribution in [-0.2, 0) is 0 Å². The van der Waals surface area contributed by atoms with Gasteiger partial charge in [0.2, 0.25) is 0 Å². The number of hydrogen-bond donors (Lipinski definition) is 1. The molecular formula is C14H18O2. The molecule has 0 heterocycles. The molecule has 0 aliphatic carbocycles. The predicted molar refractivity (Wildman–Crippen MR) is 65.4 cm³/mol. The van der Waals surface area contributed by atoms with Crippen LogP contribution in [0.3, 0.4) is 0 Å². The Bertz CT molecular complexity index is 353. The van der Waals surface area contributed by atoms with E-state index in [-0.39, 0.29) is 12.7 Å². The zero-order chi connectivity index (χ0) is 11.8. The summed E-state index contributed by atoms with van der Waals surface area (Å²) >= 11 is 0. The van der Waals surface area contributed by atoms with Gasteiger partial charge in [0.25, 0.3) is 0 Å². The Kier molecular flexibility index (Phi) is 5.45. The molecule has 2 nitrogen and oxygen atoms in total. The summed E-state index contributed by atoms with van der Waals surface area (Å²) in [5.74, 6) is 6.34. The molecule has 1 rings (SSSR count). The van der Waals surface area contributed by atoms with Gasteiger partial charge in [-0.25, -0.2) is 0 Å².